The predicted molar refractivity (Wildman–Crippen MR) is 424 cm³/mol. The Morgan fingerprint density at radius 1 is 0.504 bits per heavy atom. The molecule has 592 valence electrons. The molecule has 4 aliphatic rings. The second-order valence-electron chi connectivity index (χ2n) is 26.7. The van der Waals surface area contributed by atoms with Gasteiger partial charge in [-0.2, -0.15) is 0 Å². The van der Waals surface area contributed by atoms with Gasteiger partial charge >= 0.3 is 17.6 Å². The van der Waals surface area contributed by atoms with Crippen LogP contribution < -0.4 is 50.6 Å². The van der Waals surface area contributed by atoms with E-state index in [1.165, 1.54) is 136 Å². The molecule has 4 heterocycles. The van der Waals surface area contributed by atoms with Crippen molar-refractivity contribution < 1.29 is 62.7 Å². The number of amides is 4. The van der Waals surface area contributed by atoms with Crippen LogP contribution in [0.1, 0.15) is 116 Å². The molecule has 10 N–H and O–H groups in total. The maximum Gasteiger partial charge on any atom is 0.343 e. The van der Waals surface area contributed by atoms with Gasteiger partial charge in [-0.1, -0.05) is 69.6 Å². The minimum absolute atomic E-state index is 0.00176. The molecule has 0 radical (unpaired) electrons. The summed E-state index contributed by atoms with van der Waals surface area (Å²) in [4.78, 5) is 158. The van der Waals surface area contributed by atoms with Gasteiger partial charge in [-0.3, -0.25) is 74.0 Å². The van der Waals surface area contributed by atoms with E-state index in [1.54, 1.807) is 50.2 Å². The Labute approximate surface area is 667 Å². The molecule has 33 nitrogen and oxygen atoms in total. The van der Waals surface area contributed by atoms with Crippen molar-refractivity contribution in [2.45, 2.75) is 97.7 Å². The van der Waals surface area contributed by atoms with Crippen molar-refractivity contribution in [2.24, 2.45) is 40.4 Å². The topological polar surface area (TPSA) is 517 Å². The fourth-order valence-electron chi connectivity index (χ4n) is 14.3. The number of nitro benzene ring substituents is 4. The molecule has 14 rings (SSSR count). The number of rotatable bonds is 15. The summed E-state index contributed by atoms with van der Waals surface area (Å²) < 4.78 is 12.8. The van der Waals surface area contributed by atoms with Crippen LogP contribution in [-0.4, -0.2) is 81.2 Å². The molecule has 4 amide bonds. The fraction of sp³-hybridized carbons (Fsp3) is 0.270. The van der Waals surface area contributed by atoms with Crippen molar-refractivity contribution >= 4 is 182 Å². The third-order valence-corrected chi connectivity index (χ3v) is 21.4. The van der Waals surface area contributed by atoms with Gasteiger partial charge in [0.2, 0.25) is 23.6 Å². The first-order chi connectivity index (χ1) is 53.1. The second kappa shape index (κ2) is 36.1. The Hall–Kier alpha value is -11.9. The number of halogens is 6. The molecule has 4 aliphatic carbocycles. The van der Waals surface area contributed by atoms with E-state index in [0.717, 1.165) is 47.8 Å². The summed E-state index contributed by atoms with van der Waals surface area (Å²) in [6, 6.07) is 20.7. The number of benzene rings is 6. The van der Waals surface area contributed by atoms with Crippen molar-refractivity contribution in [3.8, 4) is 0 Å². The Morgan fingerprint density at radius 2 is 0.850 bits per heavy atom. The maximum absolute atomic E-state index is 13.1. The van der Waals surface area contributed by atoms with E-state index in [4.69, 9.17) is 97.6 Å². The Kier molecular flexibility index (Phi) is 27.7. The fourth-order valence-corrected chi connectivity index (χ4v) is 15.7. The normalized spacial score (nSPS) is 16.3. The average molecular weight is 1670 g/mol. The number of carboxylic acids is 1. The molecule has 0 aliphatic heterocycles. The standard InChI is InChI=1S/C24H28ClN3O3.C12H10ClN3O4.C12H12ClN3O2.C9H4ClNO4.C9H8ClNO4.C8H6ClNO4/c1-13(22(26)30)28-5-4-17-18(23(28)31)2-3-19(25)21(17)27-20(29)12-24-9-14-6-15(10-24)8-16(7-14)11-24;1-6(11(14)17)15-5-4-7-8(12(15)18)2-3-9(13)10(7)16(19)20;1-6(11(15)17)16-5-4-7-8(12(16)18)2-3-9(13)10(7)14;10-7-2-1-6-5(8(7)11(13)14)3-4-15-9(6)12;1-5-6(9(12)15-2)3-4-7(10)8(5)11(13)14;1-4-5(8(11)12)2-3-6(9)7(4)10(13)14/h2-5,13-16H,6-12H2,1H3,(H2,26,30)(H,27,29);2-6H,1H3,(H2,14,17);2-6H,14H2,1H3,(H2,15,17);1-4H;3-4H,1-2H3;2-3H,1H3,(H,11,12)/t13-,14?,15?,16?,24?;2*6-;;;/m111.../s1. The summed E-state index contributed by atoms with van der Waals surface area (Å²) in [6.07, 6.45) is 13.4. The lowest BCUT2D eigenvalue weighted by atomic mass is 9.49. The number of nitrogens with one attached hydrogen (secondary N) is 1. The number of esters is 1. The molecular formula is C74H68Cl6N12O21. The third-order valence-electron chi connectivity index (χ3n) is 19.6. The number of aromatic nitrogens is 3. The van der Waals surface area contributed by atoms with E-state index in [1.807, 2.05) is 0 Å². The number of nitrogens with two attached hydrogens (primary N) is 4. The summed E-state index contributed by atoms with van der Waals surface area (Å²) in [5, 5.41) is 57.9. The number of ether oxygens (including phenoxy) is 1. The highest BCUT2D eigenvalue weighted by Gasteiger charge is 2.51. The van der Waals surface area contributed by atoms with Crippen LogP contribution in [-0.2, 0) is 23.9 Å². The van der Waals surface area contributed by atoms with Crippen LogP contribution in [0, 0.1) is 77.5 Å². The number of carboxylic acid groups (broad SMARTS) is 1. The number of pyridine rings is 3. The van der Waals surface area contributed by atoms with Gasteiger partial charge in [0.1, 0.15) is 38.2 Å². The Balaban J connectivity index is 0.000000175. The van der Waals surface area contributed by atoms with Crippen molar-refractivity contribution in [3.05, 3.63) is 256 Å². The van der Waals surface area contributed by atoms with E-state index in [-0.39, 0.29) is 109 Å². The molecule has 39 heteroatoms. The highest BCUT2D eigenvalue weighted by atomic mass is 35.5. The number of nitro groups is 4. The number of carbonyl (C=O) groups excluding carboxylic acids is 5. The van der Waals surface area contributed by atoms with E-state index >= 15 is 0 Å². The van der Waals surface area contributed by atoms with Crippen LogP contribution in [0.4, 0.5) is 34.1 Å². The number of hydrogen-bond acceptors (Lipinski definition) is 21. The first kappa shape index (κ1) is 86.7. The summed E-state index contributed by atoms with van der Waals surface area (Å²) in [5.41, 5.74) is 19.7. The van der Waals surface area contributed by atoms with Gasteiger partial charge in [-0.05, 0) is 193 Å². The number of fused-ring (bicyclic) bond motifs is 4. The Morgan fingerprint density at radius 3 is 1.27 bits per heavy atom. The van der Waals surface area contributed by atoms with Crippen LogP contribution in [0.2, 0.25) is 30.1 Å². The molecule has 0 spiro atoms. The predicted octanol–water partition coefficient (Wildman–Crippen LogP) is 14.1. The van der Waals surface area contributed by atoms with Gasteiger partial charge in [-0.15, -0.1) is 0 Å². The average Bonchev–Trinajstić information content (AvgIpc) is 0.743. The number of hydrogen-bond donors (Lipinski definition) is 6. The highest BCUT2D eigenvalue weighted by molar-refractivity contribution is 6.36. The monoisotopic (exact) mass is 1670 g/mol. The summed E-state index contributed by atoms with van der Waals surface area (Å²) in [5.74, 6) is -1.34. The molecule has 4 saturated carbocycles. The first-order valence-corrected chi connectivity index (χ1v) is 35.9. The third kappa shape index (κ3) is 19.0. The molecule has 0 unspecified atom stereocenters. The molecule has 10 aromatic rings. The quantitative estimate of drug-likeness (QED) is 0.0240. The molecule has 4 aromatic heterocycles. The first-order valence-electron chi connectivity index (χ1n) is 33.7. The van der Waals surface area contributed by atoms with Gasteiger partial charge in [-0.25, -0.2) is 14.4 Å². The lowest BCUT2D eigenvalue weighted by molar-refractivity contribution is -0.385. The van der Waals surface area contributed by atoms with Crippen molar-refractivity contribution in [1.29, 1.82) is 0 Å². The highest BCUT2D eigenvalue weighted by Crippen LogP contribution is 2.61. The zero-order valence-corrected chi connectivity index (χ0v) is 64.8. The molecule has 3 atom stereocenters. The van der Waals surface area contributed by atoms with Crippen LogP contribution >= 0.6 is 69.6 Å². The van der Waals surface area contributed by atoms with Gasteiger partial charge in [0.25, 0.3) is 39.4 Å². The zero-order chi connectivity index (χ0) is 83.8. The smallest absolute Gasteiger partial charge is 0.343 e. The van der Waals surface area contributed by atoms with Crippen LogP contribution in [0.5, 0.6) is 0 Å². The number of methoxy groups -OCH3 is 1. The number of nitrogens with zero attached hydrogens (tertiary/aromatic N) is 7. The second-order valence-corrected chi connectivity index (χ2v) is 29.1. The zero-order valence-electron chi connectivity index (χ0n) is 60.3. The minimum atomic E-state index is -1.21. The molecule has 113 heavy (non-hydrogen) atoms. The minimum Gasteiger partial charge on any atom is -0.478 e. The molecule has 4 fully saturated rings. The summed E-state index contributed by atoms with van der Waals surface area (Å²) in [6.45, 7) is 7.43. The summed E-state index contributed by atoms with van der Waals surface area (Å²) in [7, 11) is 1.21. The number of primary amides is 3. The number of nitrogen functional groups attached to an aromatic ring is 1. The maximum atomic E-state index is 13.1. The largest absolute Gasteiger partial charge is 0.478 e. The van der Waals surface area contributed by atoms with Crippen LogP contribution in [0.25, 0.3) is 43.1 Å². The molecule has 0 saturated heterocycles. The SMILES string of the molecule is COC(=O)c1ccc(Cl)c([N+](=O)[O-])c1C.C[C@H](C(N)=O)n1ccc2c(N)c(Cl)ccc2c1=O.C[C@H](C(N)=O)n1ccc2c(NC(=O)CC34CC5CC(CC(C5)C3)C4)c(Cl)ccc2c1=O.C[C@H](C(N)=O)n1ccc2c([N+](=O)[O-])c(Cl)ccc2c1=O.Cc1c(C(=O)O)ccc(Cl)c1[N+](=O)[O-].O=c1occc2c([N+](=O)[O-])c(Cl)ccc12. The van der Waals surface area contributed by atoms with Gasteiger partial charge in [0.05, 0.1) is 87.2 Å². The summed E-state index contributed by atoms with van der Waals surface area (Å²) >= 11 is 35.0. The van der Waals surface area contributed by atoms with E-state index < -0.39 is 78.7 Å². The number of anilines is 2. The lowest BCUT2D eigenvalue weighted by Crippen LogP contribution is -2.47. The molecular weight excluding hydrogens is 1610 g/mol. The molecule has 4 bridgehead atoms. The van der Waals surface area contributed by atoms with Gasteiger partial charge in [0, 0.05) is 57.7 Å². The van der Waals surface area contributed by atoms with Gasteiger partial charge < -0.3 is 56.2 Å². The number of carbonyl (C=O) groups is 6. The Bertz CT molecular complexity index is 5820. The van der Waals surface area contributed by atoms with E-state index in [9.17, 15) is 88.4 Å². The molecule has 6 aromatic carbocycles. The van der Waals surface area contributed by atoms with Crippen LogP contribution in [0.15, 0.2) is 146 Å². The lowest BCUT2D eigenvalue weighted by Gasteiger charge is -2.56. The van der Waals surface area contributed by atoms with E-state index in [0.29, 0.717) is 49.4 Å². The van der Waals surface area contributed by atoms with E-state index in [2.05, 4.69) is 14.5 Å². The van der Waals surface area contributed by atoms with Crippen molar-refractivity contribution in [2.75, 3.05) is 18.2 Å². The number of aromatic carboxylic acids is 1. The van der Waals surface area contributed by atoms with Crippen molar-refractivity contribution in [3.63, 3.8) is 0 Å². The van der Waals surface area contributed by atoms with Gasteiger partial charge in [0.15, 0.2) is 0 Å². The van der Waals surface area contributed by atoms with Crippen molar-refractivity contribution in [1.82, 2.24) is 13.7 Å². The van der Waals surface area contributed by atoms with Crippen LogP contribution in [0.3, 0.4) is 0 Å².